The Morgan fingerprint density at radius 2 is 0.446 bits per heavy atom. The third-order valence-corrected chi connectivity index (χ3v) is 12.2. The highest BCUT2D eigenvalue weighted by atomic mass is 16.6. The molecular weight excluding hydrogens is 1080 g/mol. The van der Waals surface area contributed by atoms with Crippen LogP contribution in [0.15, 0.2) is 78.9 Å². The summed E-state index contributed by atoms with van der Waals surface area (Å²) in [5.74, 6) is 0. The van der Waals surface area contributed by atoms with Crippen LogP contribution in [-0.2, 0) is 86.1 Å². The molecule has 0 saturated carbocycles. The molecule has 0 bridgehead atoms. The molecule has 476 valence electrons. The molecule has 0 heterocycles. The number of anilines is 2. The number of hydrogen-bond acceptors (Lipinski definition) is 23. The van der Waals surface area contributed by atoms with Crippen molar-refractivity contribution < 1.29 is 101 Å². The van der Waals surface area contributed by atoms with E-state index in [0.717, 1.165) is 28.1 Å². The Hall–Kier alpha value is -3.58. The molecule has 3 rings (SSSR count). The molecule has 23 nitrogen and oxygen atoms in total. The molecule has 0 aliphatic rings. The maximum atomic E-state index is 8.83. The zero-order valence-corrected chi connectivity index (χ0v) is 49.4. The highest BCUT2D eigenvalue weighted by Gasteiger charge is 2.37. The fraction of sp³-hybridized carbons (Fsp3) is 0.700. The largest absolute Gasteiger partial charge is 0.394 e. The van der Waals surface area contributed by atoms with Gasteiger partial charge in [0.1, 0.15) is 5.60 Å². The molecule has 0 unspecified atom stereocenters. The predicted molar refractivity (Wildman–Crippen MR) is 312 cm³/mol. The van der Waals surface area contributed by atoms with Crippen molar-refractivity contribution >= 4 is 11.4 Å². The van der Waals surface area contributed by atoms with Gasteiger partial charge in [-0.3, -0.25) is 0 Å². The Morgan fingerprint density at radius 1 is 0.253 bits per heavy atom. The van der Waals surface area contributed by atoms with E-state index in [1.54, 1.807) is 7.11 Å². The van der Waals surface area contributed by atoms with Crippen LogP contribution in [0.1, 0.15) is 16.7 Å². The molecule has 0 radical (unpaired) electrons. The highest BCUT2D eigenvalue weighted by Crippen LogP contribution is 2.41. The number of aliphatic hydroxyl groups excluding tert-OH is 4. The molecule has 0 aromatic heterocycles. The van der Waals surface area contributed by atoms with Gasteiger partial charge < -0.3 is 111 Å². The number of rotatable bonds is 62. The quantitative estimate of drug-likeness (QED) is 0.0469. The molecule has 0 aliphatic heterocycles. The normalized spacial score (nSPS) is 11.8. The standard InChI is InChI=1S/C60H100N2O21/c1-67-60(55-5-3-2-4-6-55,56-7-11-58(12-8-56)61(15-23-68-31-39-76-47-51-80-43-35-72-27-19-63)16-24-69-32-40-77-48-52-81-44-36-73-28-20-64)57-9-13-59(14-10-57)62(17-25-70-33-41-78-49-53-82-45-37-74-29-21-65)18-26-71-34-42-79-50-54-83-46-38-75-30-22-66/h2-14,63-66H,15-54H2,1H3. The SMILES string of the molecule is COC(c1ccccc1)(c1ccc(N(CCOCCOCCOCCOCCO)CCOCCOCCOCCOCCO)cc1)c1ccc(N(CCOCCOCCOCCOCCO)CCOCCOCCOCCOCCO)cc1. The number of methoxy groups -OCH3 is 1. The van der Waals surface area contributed by atoms with Gasteiger partial charge in [0, 0.05) is 44.7 Å². The molecule has 0 fully saturated rings. The molecule has 3 aromatic rings. The third kappa shape index (κ3) is 35.6. The summed E-state index contributed by atoms with van der Waals surface area (Å²) in [6, 6.07) is 27.2. The summed E-state index contributed by atoms with van der Waals surface area (Å²) in [7, 11) is 1.75. The summed E-state index contributed by atoms with van der Waals surface area (Å²) >= 11 is 0. The summed E-state index contributed by atoms with van der Waals surface area (Å²) in [4.78, 5) is 4.48. The molecule has 83 heavy (non-hydrogen) atoms. The number of aliphatic hydroxyl groups is 4. The molecule has 0 spiro atoms. The first kappa shape index (κ1) is 73.7. The Balaban J connectivity index is 1.69. The summed E-state index contributed by atoms with van der Waals surface area (Å²) in [6.45, 7) is 16.0. The van der Waals surface area contributed by atoms with Gasteiger partial charge in [-0.1, -0.05) is 54.6 Å². The van der Waals surface area contributed by atoms with E-state index in [1.165, 1.54) is 0 Å². The average molecular weight is 1190 g/mol. The second kappa shape index (κ2) is 53.9. The summed E-state index contributed by atoms with van der Waals surface area (Å²) in [5.41, 5.74) is 3.92. The van der Waals surface area contributed by atoms with Gasteiger partial charge >= 0.3 is 0 Å². The lowest BCUT2D eigenvalue weighted by atomic mass is 9.80. The van der Waals surface area contributed by atoms with Crippen LogP contribution in [0, 0.1) is 0 Å². The Labute approximate surface area is 493 Å². The lowest BCUT2D eigenvalue weighted by Gasteiger charge is -2.35. The minimum Gasteiger partial charge on any atom is -0.394 e. The van der Waals surface area contributed by atoms with Crippen LogP contribution < -0.4 is 9.80 Å². The minimum absolute atomic E-state index is 0.0100. The molecular formula is C60H100N2O21. The van der Waals surface area contributed by atoms with Gasteiger partial charge in [-0.25, -0.2) is 0 Å². The molecule has 3 aromatic carbocycles. The van der Waals surface area contributed by atoms with E-state index in [4.69, 9.17) is 101 Å². The van der Waals surface area contributed by atoms with Crippen molar-refractivity contribution in [1.82, 2.24) is 0 Å². The van der Waals surface area contributed by atoms with Crippen LogP contribution in [0.4, 0.5) is 11.4 Å². The predicted octanol–water partition coefficient (Wildman–Crippen LogP) is 2.47. The van der Waals surface area contributed by atoms with Gasteiger partial charge in [0.2, 0.25) is 0 Å². The minimum atomic E-state index is -0.957. The zero-order chi connectivity index (χ0) is 59.0. The maximum Gasteiger partial charge on any atom is 0.143 e. The van der Waals surface area contributed by atoms with Gasteiger partial charge in [0.25, 0.3) is 0 Å². The van der Waals surface area contributed by atoms with Crippen molar-refractivity contribution in [1.29, 1.82) is 0 Å². The highest BCUT2D eigenvalue weighted by molar-refractivity contribution is 5.56. The molecule has 0 atom stereocenters. The van der Waals surface area contributed by atoms with E-state index < -0.39 is 5.60 Å². The number of benzene rings is 3. The topological polar surface area (TPSA) is 244 Å². The summed E-state index contributed by atoms with van der Waals surface area (Å²) in [6.07, 6.45) is 0. The van der Waals surface area contributed by atoms with Crippen molar-refractivity contribution in [3.05, 3.63) is 95.6 Å². The first-order valence-corrected chi connectivity index (χ1v) is 29.1. The first-order valence-electron chi connectivity index (χ1n) is 29.1. The van der Waals surface area contributed by atoms with Crippen molar-refractivity contribution in [2.45, 2.75) is 5.60 Å². The average Bonchev–Trinajstić information content (AvgIpc) is 3.71. The Bertz CT molecular complexity index is 1660. The fourth-order valence-electron chi connectivity index (χ4n) is 8.08. The molecule has 23 heteroatoms. The van der Waals surface area contributed by atoms with E-state index in [-0.39, 0.29) is 26.4 Å². The number of ether oxygens (including phenoxy) is 17. The van der Waals surface area contributed by atoms with Gasteiger partial charge in [0.15, 0.2) is 0 Å². The number of nitrogens with zero attached hydrogens (tertiary/aromatic N) is 2. The molecule has 4 N–H and O–H groups in total. The van der Waals surface area contributed by atoms with Crippen molar-refractivity contribution in [2.24, 2.45) is 0 Å². The van der Waals surface area contributed by atoms with E-state index in [9.17, 15) is 0 Å². The van der Waals surface area contributed by atoms with Crippen LogP contribution in [0.2, 0.25) is 0 Å². The van der Waals surface area contributed by atoms with Gasteiger partial charge in [-0.2, -0.15) is 0 Å². The monoisotopic (exact) mass is 1180 g/mol. The number of hydrogen-bond donors (Lipinski definition) is 4. The van der Waals surface area contributed by atoms with Crippen molar-refractivity contribution in [2.75, 3.05) is 281 Å². The summed E-state index contributed by atoms with van der Waals surface area (Å²) < 4.78 is 96.5. The van der Waals surface area contributed by atoms with E-state index >= 15 is 0 Å². The molecule has 0 aliphatic carbocycles. The summed E-state index contributed by atoms with van der Waals surface area (Å²) in [5, 5.41) is 35.3. The Kier molecular flexibility index (Phi) is 47.8. The maximum absolute atomic E-state index is 8.83. The van der Waals surface area contributed by atoms with E-state index in [2.05, 4.69) is 70.5 Å². The van der Waals surface area contributed by atoms with Crippen LogP contribution in [0.5, 0.6) is 0 Å². The van der Waals surface area contributed by atoms with Gasteiger partial charge in [0.05, 0.1) is 238 Å². The lowest BCUT2D eigenvalue weighted by molar-refractivity contribution is -0.00592. The molecule has 0 amide bonds. The van der Waals surface area contributed by atoms with Crippen molar-refractivity contribution in [3.8, 4) is 0 Å². The van der Waals surface area contributed by atoms with Crippen LogP contribution in [0.3, 0.4) is 0 Å². The van der Waals surface area contributed by atoms with Crippen LogP contribution in [-0.4, -0.2) is 292 Å². The Morgan fingerprint density at radius 3 is 0.651 bits per heavy atom. The van der Waals surface area contributed by atoms with E-state index in [1.807, 2.05) is 18.2 Å². The smallest absolute Gasteiger partial charge is 0.143 e. The van der Waals surface area contributed by atoms with E-state index in [0.29, 0.717) is 238 Å². The third-order valence-electron chi connectivity index (χ3n) is 12.2. The second-order valence-corrected chi connectivity index (χ2v) is 18.0. The van der Waals surface area contributed by atoms with Crippen LogP contribution >= 0.6 is 0 Å². The van der Waals surface area contributed by atoms with Crippen LogP contribution in [0.25, 0.3) is 0 Å². The first-order chi connectivity index (χ1) is 41.1. The lowest BCUT2D eigenvalue weighted by Crippen LogP contribution is -2.34. The fourth-order valence-corrected chi connectivity index (χ4v) is 8.08. The van der Waals surface area contributed by atoms with Crippen molar-refractivity contribution in [3.63, 3.8) is 0 Å². The zero-order valence-electron chi connectivity index (χ0n) is 49.4. The second-order valence-electron chi connectivity index (χ2n) is 18.0. The van der Waals surface area contributed by atoms with Gasteiger partial charge in [-0.15, -0.1) is 0 Å². The molecule has 0 saturated heterocycles. The van der Waals surface area contributed by atoms with Gasteiger partial charge in [-0.05, 0) is 41.0 Å².